The zero-order chi connectivity index (χ0) is 14.0. The molecule has 0 aromatic carbocycles. The van der Waals surface area contributed by atoms with Gasteiger partial charge in [-0.2, -0.15) is 0 Å². The zero-order valence-electron chi connectivity index (χ0n) is 12.4. The highest BCUT2D eigenvalue weighted by Crippen LogP contribution is 2.24. The van der Waals surface area contributed by atoms with Gasteiger partial charge in [0.15, 0.2) is 0 Å². The summed E-state index contributed by atoms with van der Waals surface area (Å²) in [5, 5.41) is 3.94. The van der Waals surface area contributed by atoms with Crippen LogP contribution < -0.4 is 0 Å². The number of aromatic nitrogens is 1. The maximum absolute atomic E-state index is 12.4. The molecule has 1 saturated heterocycles. The lowest BCUT2D eigenvalue weighted by Gasteiger charge is -2.39. The third-order valence-electron chi connectivity index (χ3n) is 4.25. The normalized spacial score (nSPS) is 23.7. The molecule has 1 aromatic heterocycles. The van der Waals surface area contributed by atoms with E-state index in [1.165, 1.54) is 6.42 Å². The Hall–Kier alpha value is -1.32. The van der Waals surface area contributed by atoms with E-state index in [1.54, 1.807) is 0 Å². The Morgan fingerprint density at radius 2 is 1.95 bits per heavy atom. The van der Waals surface area contributed by atoms with Crippen molar-refractivity contribution in [1.29, 1.82) is 0 Å². The van der Waals surface area contributed by atoms with Gasteiger partial charge in [0.05, 0.1) is 5.69 Å². The minimum Gasteiger partial charge on any atom is -0.361 e. The third-order valence-corrected chi connectivity index (χ3v) is 4.25. The first kappa shape index (κ1) is 14.1. The predicted molar refractivity (Wildman–Crippen MR) is 73.9 cm³/mol. The molecular weight excluding hydrogens is 240 g/mol. The number of carbonyl (C=O) groups is 1. The summed E-state index contributed by atoms with van der Waals surface area (Å²) in [4.78, 5) is 14.5. The Kier molecular flexibility index (Phi) is 4.27. The first-order valence-corrected chi connectivity index (χ1v) is 7.23. The Labute approximate surface area is 115 Å². The maximum Gasteiger partial charge on any atom is 0.223 e. The number of piperidine rings is 1. The van der Waals surface area contributed by atoms with Crippen LogP contribution in [0, 0.1) is 13.8 Å². The van der Waals surface area contributed by atoms with Crippen LogP contribution >= 0.6 is 0 Å². The molecule has 19 heavy (non-hydrogen) atoms. The molecule has 2 unspecified atom stereocenters. The van der Waals surface area contributed by atoms with Crippen molar-refractivity contribution >= 4 is 5.91 Å². The van der Waals surface area contributed by atoms with E-state index in [2.05, 4.69) is 23.9 Å². The molecule has 1 aliphatic rings. The maximum atomic E-state index is 12.4. The van der Waals surface area contributed by atoms with Gasteiger partial charge in [-0.15, -0.1) is 0 Å². The van der Waals surface area contributed by atoms with Crippen LogP contribution in [-0.4, -0.2) is 28.0 Å². The molecule has 0 N–H and O–H groups in total. The lowest BCUT2D eigenvalue weighted by atomic mass is 9.96. The van der Waals surface area contributed by atoms with Crippen LogP contribution in [-0.2, 0) is 11.2 Å². The molecule has 2 atom stereocenters. The zero-order valence-corrected chi connectivity index (χ0v) is 12.4. The molecule has 0 aliphatic carbocycles. The lowest BCUT2D eigenvalue weighted by Crippen LogP contribution is -2.47. The standard InChI is InChI=1S/C15H24N2O2/c1-10-6-5-7-11(2)17(10)15(18)9-8-14-12(3)16-19-13(14)4/h10-11H,5-9H2,1-4H3. The number of likely N-dealkylation sites (tertiary alicyclic amines) is 1. The van der Waals surface area contributed by atoms with Gasteiger partial charge in [-0.1, -0.05) is 5.16 Å². The molecule has 106 valence electrons. The number of nitrogens with zero attached hydrogens (tertiary/aromatic N) is 2. The largest absolute Gasteiger partial charge is 0.361 e. The summed E-state index contributed by atoms with van der Waals surface area (Å²) < 4.78 is 5.14. The molecule has 1 fully saturated rings. The van der Waals surface area contributed by atoms with Gasteiger partial charge in [0.2, 0.25) is 5.91 Å². The second-order valence-electron chi connectivity index (χ2n) is 5.73. The summed E-state index contributed by atoms with van der Waals surface area (Å²) in [7, 11) is 0. The van der Waals surface area contributed by atoms with Crippen molar-refractivity contribution in [2.45, 2.75) is 71.9 Å². The van der Waals surface area contributed by atoms with E-state index in [-0.39, 0.29) is 5.91 Å². The van der Waals surface area contributed by atoms with Crippen LogP contribution in [0.1, 0.15) is 56.5 Å². The monoisotopic (exact) mass is 264 g/mol. The van der Waals surface area contributed by atoms with Crippen LogP contribution in [0.15, 0.2) is 4.52 Å². The second kappa shape index (κ2) is 5.76. The summed E-state index contributed by atoms with van der Waals surface area (Å²) >= 11 is 0. The van der Waals surface area contributed by atoms with Gasteiger partial charge in [-0.05, 0) is 53.4 Å². The summed E-state index contributed by atoms with van der Waals surface area (Å²) in [6, 6.07) is 0.752. The van der Waals surface area contributed by atoms with Crippen LogP contribution in [0.25, 0.3) is 0 Å². The molecule has 0 spiro atoms. The molecule has 2 rings (SSSR count). The average Bonchev–Trinajstić information content (AvgIpc) is 2.66. The molecule has 0 saturated carbocycles. The molecule has 2 heterocycles. The Bertz CT molecular complexity index is 423. The average molecular weight is 264 g/mol. The highest BCUT2D eigenvalue weighted by atomic mass is 16.5. The number of amides is 1. The van der Waals surface area contributed by atoms with Gasteiger partial charge in [0, 0.05) is 24.1 Å². The number of hydrogen-bond acceptors (Lipinski definition) is 3. The summed E-state index contributed by atoms with van der Waals surface area (Å²) in [5.41, 5.74) is 2.00. The quantitative estimate of drug-likeness (QED) is 0.843. The van der Waals surface area contributed by atoms with Gasteiger partial charge >= 0.3 is 0 Å². The third kappa shape index (κ3) is 2.99. The van der Waals surface area contributed by atoms with E-state index in [4.69, 9.17) is 4.52 Å². The fourth-order valence-corrected chi connectivity index (χ4v) is 3.13. The fourth-order valence-electron chi connectivity index (χ4n) is 3.13. The van der Waals surface area contributed by atoms with E-state index in [9.17, 15) is 4.79 Å². The van der Waals surface area contributed by atoms with Crippen molar-refractivity contribution in [3.8, 4) is 0 Å². The lowest BCUT2D eigenvalue weighted by molar-refractivity contribution is -0.137. The van der Waals surface area contributed by atoms with Crippen LogP contribution in [0.2, 0.25) is 0 Å². The summed E-state index contributed by atoms with van der Waals surface area (Å²) in [6.45, 7) is 8.15. The van der Waals surface area contributed by atoms with Crippen LogP contribution in [0.3, 0.4) is 0 Å². The SMILES string of the molecule is Cc1noc(C)c1CCC(=O)N1C(C)CCCC1C. The highest BCUT2D eigenvalue weighted by Gasteiger charge is 2.28. The van der Waals surface area contributed by atoms with Crippen molar-refractivity contribution in [3.05, 3.63) is 17.0 Å². The van der Waals surface area contributed by atoms with Gasteiger partial charge in [-0.3, -0.25) is 4.79 Å². The molecule has 0 radical (unpaired) electrons. The molecule has 4 nitrogen and oxygen atoms in total. The second-order valence-corrected chi connectivity index (χ2v) is 5.73. The number of rotatable bonds is 3. The first-order chi connectivity index (χ1) is 9.00. The smallest absolute Gasteiger partial charge is 0.223 e. The van der Waals surface area contributed by atoms with E-state index in [0.29, 0.717) is 18.5 Å². The molecule has 1 amide bonds. The highest BCUT2D eigenvalue weighted by molar-refractivity contribution is 5.77. The van der Waals surface area contributed by atoms with Crippen molar-refractivity contribution < 1.29 is 9.32 Å². The first-order valence-electron chi connectivity index (χ1n) is 7.23. The van der Waals surface area contributed by atoms with E-state index >= 15 is 0 Å². The van der Waals surface area contributed by atoms with E-state index in [0.717, 1.165) is 36.3 Å². The van der Waals surface area contributed by atoms with Gasteiger partial charge in [-0.25, -0.2) is 0 Å². The number of hydrogen-bond donors (Lipinski definition) is 0. The van der Waals surface area contributed by atoms with Gasteiger partial charge in [0.1, 0.15) is 5.76 Å². The topological polar surface area (TPSA) is 46.3 Å². The van der Waals surface area contributed by atoms with Crippen molar-refractivity contribution in [2.24, 2.45) is 0 Å². The minimum atomic E-state index is 0.264. The van der Waals surface area contributed by atoms with E-state index < -0.39 is 0 Å². The summed E-state index contributed by atoms with van der Waals surface area (Å²) in [5.74, 6) is 1.10. The number of carbonyl (C=O) groups excluding carboxylic acids is 1. The fraction of sp³-hybridized carbons (Fsp3) is 0.733. The van der Waals surface area contributed by atoms with E-state index in [1.807, 2.05) is 13.8 Å². The minimum absolute atomic E-state index is 0.264. The van der Waals surface area contributed by atoms with Gasteiger partial charge < -0.3 is 9.42 Å². The van der Waals surface area contributed by atoms with Crippen LogP contribution in [0.5, 0.6) is 0 Å². The van der Waals surface area contributed by atoms with Crippen molar-refractivity contribution in [2.75, 3.05) is 0 Å². The summed E-state index contributed by atoms with van der Waals surface area (Å²) in [6.07, 6.45) is 4.77. The molecule has 0 bridgehead atoms. The van der Waals surface area contributed by atoms with Crippen molar-refractivity contribution in [3.63, 3.8) is 0 Å². The van der Waals surface area contributed by atoms with Gasteiger partial charge in [0.25, 0.3) is 0 Å². The molecule has 4 heteroatoms. The predicted octanol–water partition coefficient (Wildman–Crippen LogP) is 3.01. The Morgan fingerprint density at radius 3 is 2.47 bits per heavy atom. The Morgan fingerprint density at radius 1 is 1.32 bits per heavy atom. The molecular formula is C15H24N2O2. The Balaban J connectivity index is 1.97. The van der Waals surface area contributed by atoms with Crippen molar-refractivity contribution in [1.82, 2.24) is 10.1 Å². The number of aryl methyl sites for hydroxylation is 2. The molecule has 1 aliphatic heterocycles. The molecule has 1 aromatic rings. The van der Waals surface area contributed by atoms with Crippen LogP contribution in [0.4, 0.5) is 0 Å².